The second kappa shape index (κ2) is 9.29. The number of non-ortho nitro benzene ring substituents is 1. The number of rotatable bonds is 6. The van der Waals surface area contributed by atoms with E-state index in [0.29, 0.717) is 34.2 Å². The summed E-state index contributed by atoms with van der Waals surface area (Å²) in [7, 11) is 0. The molecule has 186 valence electrons. The maximum Gasteiger partial charge on any atom is 0.416 e. The van der Waals surface area contributed by atoms with Gasteiger partial charge in [0.2, 0.25) is 5.91 Å². The minimum Gasteiger partial charge on any atom is -0.310 e. The lowest BCUT2D eigenvalue weighted by Gasteiger charge is -2.11. The maximum atomic E-state index is 13.1. The number of halogens is 3. The quantitative estimate of drug-likeness (QED) is 0.294. The van der Waals surface area contributed by atoms with Crippen molar-refractivity contribution in [3.63, 3.8) is 0 Å². The normalized spacial score (nSPS) is 11.5. The number of aromatic nitrogens is 4. The molecule has 2 heterocycles. The molecule has 36 heavy (non-hydrogen) atoms. The zero-order valence-electron chi connectivity index (χ0n) is 19.5. The molecular weight excluding hydrogens is 477 g/mol. The molecule has 0 fully saturated rings. The molecule has 0 saturated carbocycles. The van der Waals surface area contributed by atoms with Crippen molar-refractivity contribution < 1.29 is 22.9 Å². The number of nitro groups is 1. The Morgan fingerprint density at radius 1 is 1.00 bits per heavy atom. The van der Waals surface area contributed by atoms with Gasteiger partial charge in [-0.2, -0.15) is 23.4 Å². The molecule has 9 nitrogen and oxygen atoms in total. The van der Waals surface area contributed by atoms with Crippen molar-refractivity contribution in [2.45, 2.75) is 33.4 Å². The molecule has 0 bridgehead atoms. The van der Waals surface area contributed by atoms with Gasteiger partial charge >= 0.3 is 6.18 Å². The van der Waals surface area contributed by atoms with Crippen LogP contribution in [0.1, 0.15) is 28.2 Å². The Bertz CT molecular complexity index is 1460. The van der Waals surface area contributed by atoms with Crippen molar-refractivity contribution in [3.05, 3.63) is 92.9 Å². The molecule has 4 rings (SSSR count). The van der Waals surface area contributed by atoms with E-state index in [1.54, 1.807) is 26.8 Å². The van der Waals surface area contributed by atoms with Crippen molar-refractivity contribution in [2.75, 3.05) is 5.32 Å². The van der Waals surface area contributed by atoms with Gasteiger partial charge in [-0.15, -0.1) is 0 Å². The van der Waals surface area contributed by atoms with Gasteiger partial charge in [-0.1, -0.05) is 6.07 Å². The summed E-state index contributed by atoms with van der Waals surface area (Å²) in [4.78, 5) is 23.3. The lowest BCUT2D eigenvalue weighted by atomic mass is 10.1. The van der Waals surface area contributed by atoms with E-state index in [4.69, 9.17) is 0 Å². The van der Waals surface area contributed by atoms with E-state index >= 15 is 0 Å². The van der Waals surface area contributed by atoms with Crippen LogP contribution in [0.4, 0.5) is 24.7 Å². The van der Waals surface area contributed by atoms with Gasteiger partial charge in [0.1, 0.15) is 5.82 Å². The predicted molar refractivity (Wildman–Crippen MR) is 125 cm³/mol. The number of hydrogen-bond acceptors (Lipinski definition) is 5. The van der Waals surface area contributed by atoms with Gasteiger partial charge < -0.3 is 5.32 Å². The van der Waals surface area contributed by atoms with Crippen molar-refractivity contribution in [2.24, 2.45) is 0 Å². The Balaban J connectivity index is 1.57. The molecule has 0 spiro atoms. The number of benzene rings is 2. The highest BCUT2D eigenvalue weighted by molar-refractivity contribution is 5.92. The lowest BCUT2D eigenvalue weighted by molar-refractivity contribution is -0.384. The average molecular weight is 498 g/mol. The largest absolute Gasteiger partial charge is 0.416 e. The first-order chi connectivity index (χ1) is 16.9. The van der Waals surface area contributed by atoms with Gasteiger partial charge in [0.15, 0.2) is 0 Å². The van der Waals surface area contributed by atoms with Crippen LogP contribution in [-0.4, -0.2) is 30.4 Å². The maximum absolute atomic E-state index is 13.1. The summed E-state index contributed by atoms with van der Waals surface area (Å²) in [5, 5.41) is 22.4. The first-order valence-electron chi connectivity index (χ1n) is 10.8. The van der Waals surface area contributed by atoms with Crippen molar-refractivity contribution in [3.8, 4) is 11.4 Å². The van der Waals surface area contributed by atoms with E-state index in [-0.39, 0.29) is 23.7 Å². The highest BCUT2D eigenvalue weighted by Crippen LogP contribution is 2.31. The SMILES string of the molecule is Cc1cc(NC(=O)Cc2c(C)nn(-c3cccc(C(F)(F)F)c3)c2C)n(-c2ccc([N+](=O)[O-])cc2)n1. The molecule has 1 amide bonds. The van der Waals surface area contributed by atoms with Gasteiger partial charge in [0, 0.05) is 29.5 Å². The van der Waals surface area contributed by atoms with Crippen molar-refractivity contribution in [1.29, 1.82) is 0 Å². The Hall–Kier alpha value is -4.48. The number of carbonyl (C=O) groups excluding carboxylic acids is 1. The molecule has 12 heteroatoms. The van der Waals surface area contributed by atoms with Crippen LogP contribution < -0.4 is 5.32 Å². The van der Waals surface area contributed by atoms with Crippen LogP contribution in [-0.2, 0) is 17.4 Å². The zero-order valence-corrected chi connectivity index (χ0v) is 19.5. The molecule has 0 atom stereocenters. The molecule has 1 N–H and O–H groups in total. The second-order valence-corrected chi connectivity index (χ2v) is 8.19. The van der Waals surface area contributed by atoms with Crippen LogP contribution in [0.5, 0.6) is 0 Å². The molecule has 0 aliphatic rings. The number of nitrogens with one attached hydrogen (secondary N) is 1. The fourth-order valence-electron chi connectivity index (χ4n) is 3.84. The fraction of sp³-hybridized carbons (Fsp3) is 0.208. The van der Waals surface area contributed by atoms with E-state index in [9.17, 15) is 28.1 Å². The topological polar surface area (TPSA) is 108 Å². The zero-order chi connectivity index (χ0) is 26.2. The monoisotopic (exact) mass is 498 g/mol. The fourth-order valence-corrected chi connectivity index (χ4v) is 3.84. The molecule has 2 aromatic carbocycles. The number of nitro benzene ring substituents is 1. The molecule has 0 unspecified atom stereocenters. The summed E-state index contributed by atoms with van der Waals surface area (Å²) in [5.74, 6) is -0.0141. The third kappa shape index (κ3) is 4.97. The number of aryl methyl sites for hydroxylation is 2. The Morgan fingerprint density at radius 2 is 1.69 bits per heavy atom. The van der Waals surface area contributed by atoms with Gasteiger partial charge in [-0.3, -0.25) is 14.9 Å². The first-order valence-corrected chi connectivity index (χ1v) is 10.8. The van der Waals surface area contributed by atoms with E-state index in [1.807, 2.05) is 0 Å². The highest BCUT2D eigenvalue weighted by Gasteiger charge is 2.31. The van der Waals surface area contributed by atoms with Gasteiger partial charge in [-0.05, 0) is 51.1 Å². The smallest absolute Gasteiger partial charge is 0.310 e. The lowest BCUT2D eigenvalue weighted by Crippen LogP contribution is -2.18. The molecule has 0 saturated heterocycles. The van der Waals surface area contributed by atoms with Gasteiger partial charge in [0.25, 0.3) is 5.69 Å². The minimum absolute atomic E-state index is 0.0683. The minimum atomic E-state index is -4.49. The standard InChI is InChI=1S/C24H21F3N6O3/c1-14-11-22(32(29-14)18-7-9-19(10-8-18)33(35)36)28-23(34)13-21-15(2)30-31(16(21)3)20-6-4-5-17(12-20)24(25,26)27/h4-12H,13H2,1-3H3,(H,28,34). The van der Waals surface area contributed by atoms with Crippen LogP contribution in [0, 0.1) is 30.9 Å². The summed E-state index contributed by atoms with van der Waals surface area (Å²) in [6, 6.07) is 12.2. The number of nitrogens with zero attached hydrogens (tertiary/aromatic N) is 5. The van der Waals surface area contributed by atoms with Crippen LogP contribution in [0.2, 0.25) is 0 Å². The highest BCUT2D eigenvalue weighted by atomic mass is 19.4. The van der Waals surface area contributed by atoms with Crippen LogP contribution in [0.15, 0.2) is 54.6 Å². The predicted octanol–water partition coefficient (Wildman–Crippen LogP) is 5.09. The van der Waals surface area contributed by atoms with Gasteiger partial charge in [0.05, 0.1) is 39.7 Å². The van der Waals surface area contributed by atoms with Crippen LogP contribution >= 0.6 is 0 Å². The van der Waals surface area contributed by atoms with Gasteiger partial charge in [-0.25, -0.2) is 9.36 Å². The van der Waals surface area contributed by atoms with E-state index in [2.05, 4.69) is 15.5 Å². The van der Waals surface area contributed by atoms with E-state index in [0.717, 1.165) is 12.1 Å². The molecule has 0 aliphatic carbocycles. The first kappa shape index (κ1) is 24.6. The number of amides is 1. The summed E-state index contributed by atoms with van der Waals surface area (Å²) in [6.45, 7) is 5.12. The number of alkyl halides is 3. The van der Waals surface area contributed by atoms with E-state index < -0.39 is 16.7 Å². The number of anilines is 1. The molecule has 0 aliphatic heterocycles. The van der Waals surface area contributed by atoms with E-state index in [1.165, 1.54) is 45.8 Å². The Kier molecular flexibility index (Phi) is 6.35. The third-order valence-corrected chi connectivity index (χ3v) is 5.60. The summed E-state index contributed by atoms with van der Waals surface area (Å²) in [5.41, 5.74) is 2.16. The summed E-state index contributed by atoms with van der Waals surface area (Å²) >= 11 is 0. The third-order valence-electron chi connectivity index (χ3n) is 5.60. The number of hydrogen-bond donors (Lipinski definition) is 1. The Morgan fingerprint density at radius 3 is 2.33 bits per heavy atom. The van der Waals surface area contributed by atoms with Crippen LogP contribution in [0.3, 0.4) is 0 Å². The molecule has 0 radical (unpaired) electrons. The molecule has 2 aromatic heterocycles. The molecule has 4 aromatic rings. The van der Waals surface area contributed by atoms with Crippen molar-refractivity contribution >= 4 is 17.4 Å². The second-order valence-electron chi connectivity index (χ2n) is 8.19. The number of carbonyl (C=O) groups is 1. The molecular formula is C24H21F3N6O3. The Labute approximate surface area is 203 Å². The summed E-state index contributed by atoms with van der Waals surface area (Å²) in [6.07, 6.45) is -4.55. The van der Waals surface area contributed by atoms with Crippen molar-refractivity contribution in [1.82, 2.24) is 19.6 Å². The van der Waals surface area contributed by atoms with Crippen LogP contribution in [0.25, 0.3) is 11.4 Å². The average Bonchev–Trinajstić information content (AvgIpc) is 3.32. The summed E-state index contributed by atoms with van der Waals surface area (Å²) < 4.78 is 42.3.